The minimum atomic E-state index is -0.393. The van der Waals surface area contributed by atoms with Gasteiger partial charge in [0.15, 0.2) is 5.78 Å². The molecule has 4 bridgehead atoms. The van der Waals surface area contributed by atoms with Gasteiger partial charge >= 0.3 is 0 Å². The fourth-order valence-electron chi connectivity index (χ4n) is 7.91. The second-order valence-corrected chi connectivity index (χ2v) is 14.9. The van der Waals surface area contributed by atoms with Crippen LogP contribution in [0.1, 0.15) is 90.4 Å². The van der Waals surface area contributed by atoms with Crippen molar-refractivity contribution < 1.29 is 30.0 Å². The molecule has 0 saturated heterocycles. The molecule has 4 aromatic rings. The summed E-state index contributed by atoms with van der Waals surface area (Å²) in [4.78, 5) is 21.9. The number of hydrogen-bond acceptors (Lipinski definition) is 4. The van der Waals surface area contributed by atoms with E-state index in [4.69, 9.17) is 9.97 Å². The minimum absolute atomic E-state index is 0. The molecule has 1 aromatic heterocycles. The maximum absolute atomic E-state index is 12.1. The zero-order chi connectivity index (χ0) is 30.5. The van der Waals surface area contributed by atoms with Gasteiger partial charge in [-0.1, -0.05) is 77.9 Å². The number of allylic oxidation sites excluding steroid dienone is 2. The Bertz CT molecular complexity index is 1660. The quantitative estimate of drug-likeness (QED) is 0.0973. The van der Waals surface area contributed by atoms with Gasteiger partial charge in [-0.25, -0.2) is 4.98 Å². The van der Waals surface area contributed by atoms with E-state index >= 15 is 0 Å². The van der Waals surface area contributed by atoms with E-state index in [1.165, 1.54) is 35.6 Å². The molecule has 0 atom stereocenters. The van der Waals surface area contributed by atoms with E-state index in [9.17, 15) is 9.90 Å². The summed E-state index contributed by atoms with van der Waals surface area (Å²) in [5.74, 6) is 4.00. The molecular weight excluding hydrogens is 721 g/mol. The van der Waals surface area contributed by atoms with Crippen molar-refractivity contribution in [3.05, 3.63) is 83.9 Å². The maximum Gasteiger partial charge on any atom is 0.164 e. The molecule has 1 N–H and O–H groups in total. The first-order chi connectivity index (χ1) is 20.4. The van der Waals surface area contributed by atoms with Crippen molar-refractivity contribution in [3.8, 4) is 11.3 Å². The zero-order valence-electron chi connectivity index (χ0n) is 26.9. The first-order valence-electron chi connectivity index (χ1n) is 16.1. The average molecular weight is 766 g/mol. The van der Waals surface area contributed by atoms with Crippen LogP contribution in [0.4, 0.5) is 0 Å². The van der Waals surface area contributed by atoms with Crippen LogP contribution in [0.2, 0.25) is 0 Å². The number of hydrogen-bond donors (Lipinski definition) is 1. The van der Waals surface area contributed by atoms with Gasteiger partial charge in [-0.05, 0) is 72.7 Å². The van der Waals surface area contributed by atoms with Gasteiger partial charge in [0.2, 0.25) is 0 Å². The van der Waals surface area contributed by atoms with Crippen LogP contribution in [0.15, 0.2) is 66.4 Å². The molecule has 0 unspecified atom stereocenters. The van der Waals surface area contributed by atoms with Crippen LogP contribution < -0.4 is 0 Å². The predicted octanol–water partition coefficient (Wildman–Crippen LogP) is 9.94. The normalized spacial score (nSPS) is 24.2. The monoisotopic (exact) mass is 766 g/mol. The van der Waals surface area contributed by atoms with Crippen LogP contribution in [-0.4, -0.2) is 20.9 Å². The molecule has 4 saturated carbocycles. The van der Waals surface area contributed by atoms with Crippen molar-refractivity contribution in [3.63, 3.8) is 0 Å². The number of carbonyl (C=O) groups is 1. The second-order valence-electron chi connectivity index (χ2n) is 14.9. The van der Waals surface area contributed by atoms with Gasteiger partial charge in [0.1, 0.15) is 11.6 Å². The molecule has 1 radical (unpaired) electrons. The number of aliphatic hydroxyl groups is 1. The number of ketones is 1. The van der Waals surface area contributed by atoms with Gasteiger partial charge < -0.3 is 5.11 Å². The Morgan fingerprint density at radius 2 is 1.57 bits per heavy atom. The summed E-state index contributed by atoms with van der Waals surface area (Å²) in [5, 5.41) is 14.0. The number of rotatable bonds is 4. The number of carbonyl (C=O) groups excluding carboxylic acids is 1. The van der Waals surface area contributed by atoms with Crippen molar-refractivity contribution in [2.45, 2.75) is 86.0 Å². The van der Waals surface area contributed by atoms with E-state index in [1.807, 2.05) is 26.8 Å². The number of aromatic nitrogens is 2. The number of aliphatic hydroxyl groups excluding tert-OH is 1. The van der Waals surface area contributed by atoms with E-state index < -0.39 is 5.41 Å². The fourth-order valence-corrected chi connectivity index (χ4v) is 7.91. The van der Waals surface area contributed by atoms with Crippen LogP contribution >= 0.6 is 0 Å². The summed E-state index contributed by atoms with van der Waals surface area (Å²) in [6, 6.07) is 22.3. The summed E-state index contributed by atoms with van der Waals surface area (Å²) in [5.41, 5.74) is 3.77. The number of benzene rings is 3. The van der Waals surface area contributed by atoms with Crippen molar-refractivity contribution in [2.75, 3.05) is 0 Å². The molecule has 4 fully saturated rings. The van der Waals surface area contributed by atoms with Gasteiger partial charge in [0, 0.05) is 48.3 Å². The Kier molecular flexibility index (Phi) is 9.23. The Morgan fingerprint density at radius 3 is 2.14 bits per heavy atom. The van der Waals surface area contributed by atoms with Crippen LogP contribution in [-0.2, 0) is 24.9 Å². The standard InChI is InChI=1S/C22H19N2.C17H26O2.Ir/c1-14(2)22-23-20(17-10-8-15(3)9-11-17)19-13-12-16-6-4-5-7-18(16)21(19)24-22;1-16(2,3)14(18)7-15(19)17-8-11-4-12(9-17)6-13(5-11)10-17;/h4-10,12-14H,1-3H3;7,11-13,19H,4-6,8-10H2,1-3H3;/q-1;;/b;15-7-;. The Morgan fingerprint density at radius 1 is 0.932 bits per heavy atom. The molecule has 0 aliphatic heterocycles. The van der Waals surface area contributed by atoms with Crippen molar-refractivity contribution >= 4 is 27.5 Å². The largest absolute Gasteiger partial charge is 0.512 e. The SMILES string of the molecule is CC(C)(C)C(=O)/C=C(\O)C12CC3CC(CC(C3)C1)C2.Cc1c[c-]c(-c2nc(C(C)C)nc3c2ccc2ccccc23)cc1.[Ir]. The summed E-state index contributed by atoms with van der Waals surface area (Å²) < 4.78 is 0. The Balaban J connectivity index is 0.000000175. The molecule has 233 valence electrons. The second kappa shape index (κ2) is 12.5. The van der Waals surface area contributed by atoms with Gasteiger partial charge in [-0.3, -0.25) is 9.78 Å². The van der Waals surface area contributed by atoms with Crippen LogP contribution in [0.5, 0.6) is 0 Å². The Hall–Kier alpha value is -2.88. The third-order valence-corrected chi connectivity index (χ3v) is 9.94. The van der Waals surface area contributed by atoms with Gasteiger partial charge in [0.25, 0.3) is 0 Å². The summed E-state index contributed by atoms with van der Waals surface area (Å²) in [6.07, 6.45) is 8.96. The fraction of sp³-hybridized carbons (Fsp3) is 0.462. The van der Waals surface area contributed by atoms with Crippen LogP contribution in [0.3, 0.4) is 0 Å². The van der Waals surface area contributed by atoms with Gasteiger partial charge in [0.05, 0.1) is 5.52 Å². The summed E-state index contributed by atoms with van der Waals surface area (Å²) in [6.45, 7) is 12.1. The summed E-state index contributed by atoms with van der Waals surface area (Å²) in [7, 11) is 0. The zero-order valence-corrected chi connectivity index (χ0v) is 29.3. The van der Waals surface area contributed by atoms with Crippen molar-refractivity contribution in [1.29, 1.82) is 0 Å². The number of nitrogens with zero attached hydrogens (tertiary/aromatic N) is 2. The van der Waals surface area contributed by atoms with Gasteiger partial charge in [-0.15, -0.1) is 35.4 Å². The van der Waals surface area contributed by atoms with Crippen LogP contribution in [0, 0.1) is 41.6 Å². The third kappa shape index (κ3) is 6.42. The third-order valence-electron chi connectivity index (χ3n) is 9.94. The van der Waals surface area contributed by atoms with Gasteiger partial charge in [-0.2, -0.15) is 0 Å². The number of fused-ring (bicyclic) bond motifs is 3. The first-order valence-corrected chi connectivity index (χ1v) is 16.1. The minimum Gasteiger partial charge on any atom is -0.512 e. The smallest absolute Gasteiger partial charge is 0.164 e. The molecule has 5 heteroatoms. The van der Waals surface area contributed by atoms with Crippen molar-refractivity contribution in [1.82, 2.24) is 9.97 Å². The molecule has 4 aliphatic carbocycles. The molecule has 44 heavy (non-hydrogen) atoms. The molecular formula is C39H45IrN2O2-. The first kappa shape index (κ1) is 32.5. The molecule has 3 aromatic carbocycles. The molecule has 4 aliphatic rings. The maximum atomic E-state index is 12.1. The number of aryl methyl sites for hydroxylation is 1. The summed E-state index contributed by atoms with van der Waals surface area (Å²) >= 11 is 0. The Labute approximate surface area is 276 Å². The molecule has 4 nitrogen and oxygen atoms in total. The van der Waals surface area contributed by atoms with E-state index in [2.05, 4.69) is 75.4 Å². The van der Waals surface area contributed by atoms with E-state index in [0.29, 0.717) is 5.76 Å². The predicted molar refractivity (Wildman–Crippen MR) is 176 cm³/mol. The average Bonchev–Trinajstić information content (AvgIpc) is 2.96. The van der Waals surface area contributed by atoms with E-state index in [1.54, 1.807) is 6.08 Å². The van der Waals surface area contributed by atoms with E-state index in [-0.39, 0.29) is 37.2 Å². The van der Waals surface area contributed by atoms with Crippen LogP contribution in [0.25, 0.3) is 32.9 Å². The molecule has 0 spiro atoms. The molecule has 0 amide bonds. The topological polar surface area (TPSA) is 63.1 Å². The van der Waals surface area contributed by atoms with E-state index in [0.717, 1.165) is 65.0 Å². The molecule has 8 rings (SSSR count). The van der Waals surface area contributed by atoms with Crippen molar-refractivity contribution in [2.24, 2.45) is 28.6 Å². The molecule has 1 heterocycles.